The van der Waals surface area contributed by atoms with Crippen molar-refractivity contribution in [2.24, 2.45) is 0 Å². The fourth-order valence-electron chi connectivity index (χ4n) is 1.44. The van der Waals surface area contributed by atoms with Crippen LogP contribution in [0.2, 0.25) is 5.02 Å². The standard InChI is InChI=1S/C11H15ClF3N3O2S/c1-3-16-10-9(12)6-8(7-17-10)21(19,20)18(2)5-4-11(13,14)15/h6-7H,3-5H2,1-2H3,(H,16,17). The second-order valence-corrected chi connectivity index (χ2v) is 6.68. The van der Waals surface area contributed by atoms with Crippen molar-refractivity contribution in [1.29, 1.82) is 0 Å². The van der Waals surface area contributed by atoms with Gasteiger partial charge in [0.15, 0.2) is 0 Å². The Kier molecular flexibility index (Phi) is 5.83. The smallest absolute Gasteiger partial charge is 0.369 e. The number of pyridine rings is 1. The second-order valence-electron chi connectivity index (χ2n) is 4.22. The van der Waals surface area contributed by atoms with E-state index in [1.54, 1.807) is 0 Å². The lowest BCUT2D eigenvalue weighted by Crippen LogP contribution is -2.30. The largest absolute Gasteiger partial charge is 0.390 e. The average molecular weight is 346 g/mol. The lowest BCUT2D eigenvalue weighted by atomic mass is 10.4. The molecule has 0 aliphatic heterocycles. The Morgan fingerprint density at radius 3 is 2.52 bits per heavy atom. The normalized spacial score (nSPS) is 12.7. The van der Waals surface area contributed by atoms with Crippen LogP contribution in [0, 0.1) is 0 Å². The van der Waals surface area contributed by atoms with Crippen LogP contribution in [-0.4, -0.2) is 44.0 Å². The number of rotatable bonds is 6. The maximum absolute atomic E-state index is 12.1. The number of anilines is 1. The third kappa shape index (κ3) is 5.01. The van der Waals surface area contributed by atoms with E-state index >= 15 is 0 Å². The number of hydrogen-bond acceptors (Lipinski definition) is 4. The van der Waals surface area contributed by atoms with Crippen LogP contribution in [-0.2, 0) is 10.0 Å². The molecule has 1 heterocycles. The third-order valence-corrected chi connectivity index (χ3v) is 4.69. The average Bonchev–Trinajstić information content (AvgIpc) is 2.37. The molecule has 0 aliphatic carbocycles. The molecule has 120 valence electrons. The molecule has 0 amide bonds. The SMILES string of the molecule is CCNc1ncc(S(=O)(=O)N(C)CCC(F)(F)F)cc1Cl. The van der Waals surface area contributed by atoms with E-state index in [4.69, 9.17) is 11.6 Å². The predicted molar refractivity (Wildman–Crippen MR) is 73.9 cm³/mol. The fraction of sp³-hybridized carbons (Fsp3) is 0.545. The van der Waals surface area contributed by atoms with Crippen LogP contribution in [0.4, 0.5) is 19.0 Å². The molecule has 0 radical (unpaired) electrons. The van der Waals surface area contributed by atoms with E-state index < -0.39 is 29.2 Å². The molecule has 1 rings (SSSR count). The monoisotopic (exact) mass is 345 g/mol. The zero-order chi connectivity index (χ0) is 16.3. The molecule has 0 fully saturated rings. The summed E-state index contributed by atoms with van der Waals surface area (Å²) in [4.78, 5) is 3.60. The fourth-order valence-corrected chi connectivity index (χ4v) is 2.89. The van der Waals surface area contributed by atoms with Crippen LogP contribution >= 0.6 is 11.6 Å². The Bertz CT molecular complexity index is 593. The van der Waals surface area contributed by atoms with Crippen molar-refractivity contribution < 1.29 is 21.6 Å². The molecular formula is C11H15ClF3N3O2S. The van der Waals surface area contributed by atoms with Crippen LogP contribution in [0.15, 0.2) is 17.2 Å². The molecule has 0 unspecified atom stereocenters. The highest BCUT2D eigenvalue weighted by Crippen LogP contribution is 2.25. The first-order valence-electron chi connectivity index (χ1n) is 6.00. The molecule has 0 spiro atoms. The number of sulfonamides is 1. The first-order valence-corrected chi connectivity index (χ1v) is 7.82. The van der Waals surface area contributed by atoms with E-state index in [9.17, 15) is 21.6 Å². The Balaban J connectivity index is 2.94. The van der Waals surface area contributed by atoms with Crippen molar-refractivity contribution >= 4 is 27.4 Å². The van der Waals surface area contributed by atoms with Crippen LogP contribution in [0.5, 0.6) is 0 Å². The number of halogens is 4. The van der Waals surface area contributed by atoms with Crippen molar-refractivity contribution in [1.82, 2.24) is 9.29 Å². The van der Waals surface area contributed by atoms with Gasteiger partial charge in [0.05, 0.1) is 11.4 Å². The van der Waals surface area contributed by atoms with Gasteiger partial charge >= 0.3 is 6.18 Å². The van der Waals surface area contributed by atoms with Crippen LogP contribution < -0.4 is 5.32 Å². The minimum atomic E-state index is -4.42. The van der Waals surface area contributed by atoms with Crippen LogP contribution in [0.1, 0.15) is 13.3 Å². The van der Waals surface area contributed by atoms with Gasteiger partial charge in [-0.3, -0.25) is 0 Å². The van der Waals surface area contributed by atoms with Crippen molar-refractivity contribution in [3.8, 4) is 0 Å². The van der Waals surface area contributed by atoms with Crippen molar-refractivity contribution in [3.63, 3.8) is 0 Å². The third-order valence-electron chi connectivity index (χ3n) is 2.58. The van der Waals surface area contributed by atoms with Gasteiger partial charge in [-0.1, -0.05) is 11.6 Å². The summed E-state index contributed by atoms with van der Waals surface area (Å²) in [6.07, 6.45) is -4.59. The molecule has 1 N–H and O–H groups in total. The minimum absolute atomic E-state index is 0.0853. The van der Waals surface area contributed by atoms with Gasteiger partial charge in [-0.15, -0.1) is 0 Å². The maximum Gasteiger partial charge on any atom is 0.390 e. The highest BCUT2D eigenvalue weighted by atomic mass is 35.5. The summed E-state index contributed by atoms with van der Waals surface area (Å²) < 4.78 is 61.3. The lowest BCUT2D eigenvalue weighted by molar-refractivity contribution is -0.135. The number of alkyl halides is 3. The molecule has 0 bridgehead atoms. The van der Waals surface area contributed by atoms with Gasteiger partial charge in [-0.2, -0.15) is 13.2 Å². The van der Waals surface area contributed by atoms with Gasteiger partial charge in [0, 0.05) is 26.3 Å². The van der Waals surface area contributed by atoms with Crippen molar-refractivity contribution in [3.05, 3.63) is 17.3 Å². The molecule has 1 aromatic rings. The molecule has 1 aromatic heterocycles. The Hall–Kier alpha value is -1.06. The number of aromatic nitrogens is 1. The number of hydrogen-bond donors (Lipinski definition) is 1. The van der Waals surface area contributed by atoms with Gasteiger partial charge in [-0.25, -0.2) is 17.7 Å². The zero-order valence-corrected chi connectivity index (χ0v) is 13.0. The molecule has 0 saturated carbocycles. The van der Waals surface area contributed by atoms with Crippen LogP contribution in [0.25, 0.3) is 0 Å². The second kappa shape index (κ2) is 6.80. The summed E-state index contributed by atoms with van der Waals surface area (Å²) in [5.41, 5.74) is 0. The van der Waals surface area contributed by atoms with Gasteiger partial charge in [0.2, 0.25) is 10.0 Å². The van der Waals surface area contributed by atoms with Crippen LogP contribution in [0.3, 0.4) is 0 Å². The molecule has 0 aromatic carbocycles. The van der Waals surface area contributed by atoms with E-state index in [2.05, 4.69) is 10.3 Å². The molecular weight excluding hydrogens is 331 g/mol. The maximum atomic E-state index is 12.1. The van der Waals surface area contributed by atoms with E-state index in [1.165, 1.54) is 0 Å². The Morgan fingerprint density at radius 1 is 1.43 bits per heavy atom. The quantitative estimate of drug-likeness (QED) is 0.861. The van der Waals surface area contributed by atoms with Crippen molar-refractivity contribution in [2.75, 3.05) is 25.5 Å². The van der Waals surface area contributed by atoms with Crippen molar-refractivity contribution in [2.45, 2.75) is 24.4 Å². The predicted octanol–water partition coefficient (Wildman–Crippen LogP) is 2.74. The molecule has 21 heavy (non-hydrogen) atoms. The zero-order valence-electron chi connectivity index (χ0n) is 11.4. The van der Waals surface area contributed by atoms with E-state index in [0.717, 1.165) is 19.3 Å². The molecule has 0 atom stereocenters. The van der Waals surface area contributed by atoms with E-state index in [0.29, 0.717) is 16.7 Å². The number of nitrogens with one attached hydrogen (secondary N) is 1. The summed E-state index contributed by atoms with van der Waals surface area (Å²) in [5.74, 6) is 0.316. The van der Waals surface area contributed by atoms with Gasteiger partial charge in [0.1, 0.15) is 10.7 Å². The minimum Gasteiger partial charge on any atom is -0.369 e. The molecule has 10 heteroatoms. The van der Waals surface area contributed by atoms with Gasteiger partial charge in [-0.05, 0) is 13.0 Å². The first kappa shape index (κ1) is 18.0. The summed E-state index contributed by atoms with van der Waals surface area (Å²) in [7, 11) is -2.98. The van der Waals surface area contributed by atoms with E-state index in [-0.39, 0.29) is 9.92 Å². The lowest BCUT2D eigenvalue weighted by Gasteiger charge is -2.18. The van der Waals surface area contributed by atoms with Gasteiger partial charge < -0.3 is 5.32 Å². The Morgan fingerprint density at radius 2 is 2.05 bits per heavy atom. The molecule has 0 saturated heterocycles. The summed E-state index contributed by atoms with van der Waals surface area (Å²) in [5, 5.41) is 2.91. The molecule has 0 aliphatic rings. The topological polar surface area (TPSA) is 62.3 Å². The number of nitrogens with zero attached hydrogens (tertiary/aromatic N) is 2. The molecule has 5 nitrogen and oxygen atoms in total. The van der Waals surface area contributed by atoms with Gasteiger partial charge in [0.25, 0.3) is 0 Å². The summed E-state index contributed by atoms with van der Waals surface area (Å²) in [6, 6.07) is 1.16. The highest BCUT2D eigenvalue weighted by Gasteiger charge is 2.30. The summed E-state index contributed by atoms with van der Waals surface area (Å²) >= 11 is 5.88. The Labute approximate surface area is 126 Å². The highest BCUT2D eigenvalue weighted by molar-refractivity contribution is 7.89. The summed E-state index contributed by atoms with van der Waals surface area (Å²) in [6.45, 7) is 1.69. The van der Waals surface area contributed by atoms with E-state index in [1.807, 2.05) is 6.92 Å². The first-order chi connectivity index (χ1) is 9.58.